The number of aromatic nitrogens is 3. The summed E-state index contributed by atoms with van der Waals surface area (Å²) in [6.45, 7) is 0.659. The first-order chi connectivity index (χ1) is 11.0. The SMILES string of the molecule is COc1ccc(Cl)cc1CC(=O)N1CCC(O)(c2cn[nH]n2)C1. The van der Waals surface area contributed by atoms with Crippen molar-refractivity contribution in [1.82, 2.24) is 20.3 Å². The second-order valence-electron chi connectivity index (χ2n) is 5.59. The Morgan fingerprint density at radius 2 is 2.39 bits per heavy atom. The van der Waals surface area contributed by atoms with Crippen LogP contribution in [-0.2, 0) is 16.8 Å². The molecule has 0 radical (unpaired) electrons. The molecule has 2 heterocycles. The van der Waals surface area contributed by atoms with Gasteiger partial charge in [0.05, 0.1) is 26.3 Å². The van der Waals surface area contributed by atoms with Gasteiger partial charge in [-0.2, -0.15) is 15.4 Å². The summed E-state index contributed by atoms with van der Waals surface area (Å²) in [7, 11) is 1.55. The first-order valence-electron chi connectivity index (χ1n) is 7.21. The van der Waals surface area contributed by atoms with E-state index in [9.17, 15) is 9.90 Å². The first kappa shape index (κ1) is 15.8. The van der Waals surface area contributed by atoms with E-state index in [4.69, 9.17) is 16.3 Å². The Kier molecular flexibility index (Phi) is 4.23. The maximum atomic E-state index is 12.5. The Balaban J connectivity index is 1.72. The van der Waals surface area contributed by atoms with Gasteiger partial charge in [-0.15, -0.1) is 0 Å². The number of hydrogen-bond donors (Lipinski definition) is 2. The molecule has 23 heavy (non-hydrogen) atoms. The summed E-state index contributed by atoms with van der Waals surface area (Å²) >= 11 is 5.99. The molecule has 2 N–H and O–H groups in total. The molecule has 0 saturated carbocycles. The second-order valence-corrected chi connectivity index (χ2v) is 6.02. The van der Waals surface area contributed by atoms with Crippen molar-refractivity contribution in [3.8, 4) is 5.75 Å². The van der Waals surface area contributed by atoms with Crippen LogP contribution in [-0.4, -0.2) is 51.5 Å². The van der Waals surface area contributed by atoms with E-state index in [1.165, 1.54) is 6.20 Å². The number of carbonyl (C=O) groups excluding carboxylic acids is 1. The molecule has 1 fully saturated rings. The molecule has 0 bridgehead atoms. The molecule has 122 valence electrons. The van der Waals surface area contributed by atoms with E-state index in [0.29, 0.717) is 29.4 Å². The van der Waals surface area contributed by atoms with Crippen LogP contribution in [0.2, 0.25) is 5.02 Å². The number of ether oxygens (including phenoxy) is 1. The minimum atomic E-state index is -1.15. The highest BCUT2D eigenvalue weighted by Gasteiger charge is 2.41. The van der Waals surface area contributed by atoms with Crippen LogP contribution < -0.4 is 4.74 Å². The molecule has 1 aliphatic rings. The maximum Gasteiger partial charge on any atom is 0.227 e. The number of H-pyrrole nitrogens is 1. The van der Waals surface area contributed by atoms with Crippen LogP contribution in [0.25, 0.3) is 0 Å². The molecule has 1 atom stereocenters. The normalized spacial score (nSPS) is 20.7. The van der Waals surface area contributed by atoms with Crippen molar-refractivity contribution >= 4 is 17.5 Å². The summed E-state index contributed by atoms with van der Waals surface area (Å²) in [4.78, 5) is 14.1. The van der Waals surface area contributed by atoms with Crippen molar-refractivity contribution < 1.29 is 14.6 Å². The molecular weight excluding hydrogens is 320 g/mol. The van der Waals surface area contributed by atoms with E-state index < -0.39 is 5.60 Å². The molecule has 1 unspecified atom stereocenters. The number of aliphatic hydroxyl groups is 1. The summed E-state index contributed by atoms with van der Waals surface area (Å²) in [6.07, 6.45) is 2.07. The average Bonchev–Trinajstić information content (AvgIpc) is 3.18. The van der Waals surface area contributed by atoms with E-state index >= 15 is 0 Å². The number of β-amino-alcohol motifs (C(OH)–C–C–N with tert-alkyl or cyclic N) is 1. The number of aromatic amines is 1. The third-order valence-corrected chi connectivity index (χ3v) is 4.31. The van der Waals surface area contributed by atoms with Gasteiger partial charge < -0.3 is 14.7 Å². The highest BCUT2D eigenvalue weighted by atomic mass is 35.5. The number of likely N-dealkylation sites (tertiary alicyclic amines) is 1. The molecule has 3 rings (SSSR count). The summed E-state index contributed by atoms with van der Waals surface area (Å²) in [5.41, 5.74) is 0.0242. The molecule has 8 heteroatoms. The van der Waals surface area contributed by atoms with Gasteiger partial charge in [0, 0.05) is 23.6 Å². The summed E-state index contributed by atoms with van der Waals surface area (Å²) in [5.74, 6) is 0.527. The zero-order valence-electron chi connectivity index (χ0n) is 12.6. The Morgan fingerprint density at radius 1 is 1.57 bits per heavy atom. The number of amides is 1. The zero-order valence-corrected chi connectivity index (χ0v) is 13.4. The monoisotopic (exact) mass is 336 g/mol. The van der Waals surface area contributed by atoms with Gasteiger partial charge in [-0.3, -0.25) is 4.79 Å². The number of nitrogens with zero attached hydrogens (tertiary/aromatic N) is 3. The predicted octanol–water partition coefficient (Wildman–Crippen LogP) is 1.13. The lowest BCUT2D eigenvalue weighted by atomic mass is 10.00. The standard InChI is InChI=1S/C15H17ClN4O3/c1-23-12-3-2-11(16)6-10(12)7-14(21)20-5-4-15(22,9-20)13-8-17-19-18-13/h2-3,6,8,22H,4-5,7,9H2,1H3,(H,17,18,19). The van der Waals surface area contributed by atoms with Gasteiger partial charge >= 0.3 is 0 Å². The van der Waals surface area contributed by atoms with E-state index in [2.05, 4.69) is 15.4 Å². The Bertz CT molecular complexity index is 707. The number of nitrogens with one attached hydrogen (secondary N) is 1. The molecule has 1 aliphatic heterocycles. The van der Waals surface area contributed by atoms with Crippen LogP contribution in [0.4, 0.5) is 0 Å². The predicted molar refractivity (Wildman–Crippen MR) is 83.2 cm³/mol. The number of methoxy groups -OCH3 is 1. The van der Waals surface area contributed by atoms with Gasteiger partial charge in [-0.1, -0.05) is 11.6 Å². The van der Waals surface area contributed by atoms with Gasteiger partial charge in [0.25, 0.3) is 0 Å². The fourth-order valence-electron chi connectivity index (χ4n) is 2.80. The number of halogens is 1. The molecule has 0 spiro atoms. The van der Waals surface area contributed by atoms with E-state index in [1.807, 2.05) is 0 Å². The molecular formula is C15H17ClN4O3. The van der Waals surface area contributed by atoms with Gasteiger partial charge in [-0.05, 0) is 18.2 Å². The van der Waals surface area contributed by atoms with Crippen molar-refractivity contribution in [2.45, 2.75) is 18.4 Å². The van der Waals surface area contributed by atoms with Crippen LogP contribution in [0, 0.1) is 0 Å². The van der Waals surface area contributed by atoms with Crippen molar-refractivity contribution in [1.29, 1.82) is 0 Å². The fraction of sp³-hybridized carbons (Fsp3) is 0.400. The summed E-state index contributed by atoms with van der Waals surface area (Å²) < 4.78 is 5.26. The van der Waals surface area contributed by atoms with Gasteiger partial charge in [-0.25, -0.2) is 0 Å². The summed E-state index contributed by atoms with van der Waals surface area (Å²) in [6, 6.07) is 5.17. The third kappa shape index (κ3) is 3.16. The first-order valence-corrected chi connectivity index (χ1v) is 7.58. The number of benzene rings is 1. The van der Waals surface area contributed by atoms with Gasteiger partial charge in [0.1, 0.15) is 17.0 Å². The molecule has 1 aromatic carbocycles. The number of rotatable bonds is 4. The zero-order chi connectivity index (χ0) is 16.4. The molecule has 1 aromatic heterocycles. The van der Waals surface area contributed by atoms with Crippen molar-refractivity contribution in [2.24, 2.45) is 0 Å². The van der Waals surface area contributed by atoms with Crippen molar-refractivity contribution in [3.05, 3.63) is 40.7 Å². The minimum absolute atomic E-state index is 0.0926. The van der Waals surface area contributed by atoms with Crippen LogP contribution >= 0.6 is 11.6 Å². The Labute approximate surface area is 138 Å². The quantitative estimate of drug-likeness (QED) is 0.873. The van der Waals surface area contributed by atoms with Crippen LogP contribution in [0.5, 0.6) is 5.75 Å². The highest BCUT2D eigenvalue weighted by molar-refractivity contribution is 6.30. The molecule has 2 aromatic rings. The Hall–Kier alpha value is -2.12. The van der Waals surface area contributed by atoms with Crippen LogP contribution in [0.15, 0.2) is 24.4 Å². The largest absolute Gasteiger partial charge is 0.496 e. The average molecular weight is 337 g/mol. The fourth-order valence-corrected chi connectivity index (χ4v) is 3.00. The lowest BCUT2D eigenvalue weighted by molar-refractivity contribution is -0.130. The highest BCUT2D eigenvalue weighted by Crippen LogP contribution is 2.31. The third-order valence-electron chi connectivity index (χ3n) is 4.08. The van der Waals surface area contributed by atoms with Crippen molar-refractivity contribution in [3.63, 3.8) is 0 Å². The van der Waals surface area contributed by atoms with Crippen LogP contribution in [0.3, 0.4) is 0 Å². The lowest BCUT2D eigenvalue weighted by Crippen LogP contribution is -2.35. The molecule has 0 aliphatic carbocycles. The molecule has 7 nitrogen and oxygen atoms in total. The van der Waals surface area contributed by atoms with Gasteiger partial charge in [0.15, 0.2) is 0 Å². The smallest absolute Gasteiger partial charge is 0.227 e. The van der Waals surface area contributed by atoms with E-state index in [-0.39, 0.29) is 18.9 Å². The van der Waals surface area contributed by atoms with Gasteiger partial charge in [0.2, 0.25) is 5.91 Å². The summed E-state index contributed by atoms with van der Waals surface area (Å²) in [5, 5.41) is 21.3. The lowest BCUT2D eigenvalue weighted by Gasteiger charge is -2.21. The van der Waals surface area contributed by atoms with E-state index in [1.54, 1.807) is 30.2 Å². The Morgan fingerprint density at radius 3 is 3.09 bits per heavy atom. The number of hydrogen-bond acceptors (Lipinski definition) is 5. The molecule has 1 saturated heterocycles. The van der Waals surface area contributed by atoms with Crippen molar-refractivity contribution in [2.75, 3.05) is 20.2 Å². The number of carbonyl (C=O) groups is 1. The van der Waals surface area contributed by atoms with E-state index in [0.717, 1.165) is 5.56 Å². The second kappa shape index (κ2) is 6.17. The molecule has 1 amide bonds. The maximum absolute atomic E-state index is 12.5. The topological polar surface area (TPSA) is 91.3 Å². The minimum Gasteiger partial charge on any atom is -0.496 e. The van der Waals surface area contributed by atoms with Crippen LogP contribution in [0.1, 0.15) is 17.7 Å².